The molecule has 0 unspecified atom stereocenters. The van der Waals surface area contributed by atoms with Gasteiger partial charge in [-0.15, -0.1) is 0 Å². The molecule has 1 amide bonds. The number of aromatic nitrogens is 1. The first-order valence-corrected chi connectivity index (χ1v) is 5.47. The van der Waals surface area contributed by atoms with Gasteiger partial charge in [-0.25, -0.2) is 0 Å². The van der Waals surface area contributed by atoms with Crippen LogP contribution in [0.25, 0.3) is 0 Å². The molecule has 0 aliphatic heterocycles. The molecule has 16 heavy (non-hydrogen) atoms. The molecule has 1 aromatic heterocycles. The van der Waals surface area contributed by atoms with Gasteiger partial charge < -0.3 is 10.2 Å². The topological polar surface area (TPSA) is 45.2 Å². The van der Waals surface area contributed by atoms with Gasteiger partial charge >= 0.3 is 0 Å². The van der Waals surface area contributed by atoms with Crippen LogP contribution >= 0.6 is 0 Å². The quantitative estimate of drug-likeness (QED) is 0.808. The van der Waals surface area contributed by atoms with Crippen molar-refractivity contribution < 1.29 is 4.79 Å². The van der Waals surface area contributed by atoms with Crippen LogP contribution in [0.2, 0.25) is 0 Å². The van der Waals surface area contributed by atoms with E-state index in [0.29, 0.717) is 13.1 Å². The fourth-order valence-electron chi connectivity index (χ4n) is 1.21. The molecule has 0 aliphatic carbocycles. The Kier molecular flexibility index (Phi) is 4.92. The van der Waals surface area contributed by atoms with Crippen molar-refractivity contribution in [1.29, 1.82) is 0 Å². The van der Waals surface area contributed by atoms with Crippen LogP contribution in [0.4, 0.5) is 0 Å². The summed E-state index contributed by atoms with van der Waals surface area (Å²) < 4.78 is 0. The number of nitrogens with one attached hydrogen (secondary N) is 1. The summed E-state index contributed by atoms with van der Waals surface area (Å²) in [4.78, 5) is 17.5. The smallest absolute Gasteiger partial charge is 0.236 e. The summed E-state index contributed by atoms with van der Waals surface area (Å²) in [6.45, 7) is 4.97. The number of carbonyl (C=O) groups is 1. The Morgan fingerprint density at radius 1 is 1.50 bits per heavy atom. The number of amides is 1. The summed E-state index contributed by atoms with van der Waals surface area (Å²) in [6.07, 6.45) is 1.75. The maximum Gasteiger partial charge on any atom is 0.236 e. The van der Waals surface area contributed by atoms with E-state index in [0.717, 1.165) is 5.69 Å². The lowest BCUT2D eigenvalue weighted by Gasteiger charge is -2.21. The summed E-state index contributed by atoms with van der Waals surface area (Å²) in [6, 6.07) is 5.99. The molecule has 0 atom stereocenters. The molecule has 1 N–H and O–H groups in total. The highest BCUT2D eigenvalue weighted by atomic mass is 16.2. The monoisotopic (exact) mass is 221 g/mol. The van der Waals surface area contributed by atoms with Gasteiger partial charge in [0.1, 0.15) is 0 Å². The molecule has 0 spiro atoms. The number of hydrogen-bond acceptors (Lipinski definition) is 3. The third kappa shape index (κ3) is 3.98. The van der Waals surface area contributed by atoms with E-state index in [-0.39, 0.29) is 11.9 Å². The molecule has 0 fully saturated rings. The second-order valence-electron chi connectivity index (χ2n) is 4.02. The highest BCUT2D eigenvalue weighted by Gasteiger charge is 2.10. The second-order valence-corrected chi connectivity index (χ2v) is 4.02. The van der Waals surface area contributed by atoms with E-state index in [1.807, 2.05) is 39.1 Å². The fraction of sp³-hybridized carbons (Fsp3) is 0.500. The Bertz CT molecular complexity index is 324. The van der Waals surface area contributed by atoms with Gasteiger partial charge in [0.05, 0.1) is 12.2 Å². The van der Waals surface area contributed by atoms with Gasteiger partial charge in [0.25, 0.3) is 0 Å². The summed E-state index contributed by atoms with van der Waals surface area (Å²) >= 11 is 0. The van der Waals surface area contributed by atoms with E-state index in [1.54, 1.807) is 11.1 Å². The van der Waals surface area contributed by atoms with Crippen molar-refractivity contribution in [3.8, 4) is 0 Å². The van der Waals surface area contributed by atoms with Gasteiger partial charge in [0.2, 0.25) is 5.91 Å². The number of rotatable bonds is 5. The van der Waals surface area contributed by atoms with E-state index >= 15 is 0 Å². The Hall–Kier alpha value is -1.42. The van der Waals surface area contributed by atoms with Crippen molar-refractivity contribution in [2.45, 2.75) is 26.4 Å². The van der Waals surface area contributed by atoms with Crippen molar-refractivity contribution in [3.63, 3.8) is 0 Å². The highest BCUT2D eigenvalue weighted by Crippen LogP contribution is 1.95. The van der Waals surface area contributed by atoms with Crippen molar-refractivity contribution in [3.05, 3.63) is 30.1 Å². The van der Waals surface area contributed by atoms with Gasteiger partial charge in [0.15, 0.2) is 0 Å². The Morgan fingerprint density at radius 3 is 2.81 bits per heavy atom. The Morgan fingerprint density at radius 2 is 2.25 bits per heavy atom. The van der Waals surface area contributed by atoms with Crippen LogP contribution in [0.5, 0.6) is 0 Å². The molecular weight excluding hydrogens is 202 g/mol. The minimum Gasteiger partial charge on any atom is -0.342 e. The predicted octanol–water partition coefficient (Wildman–Crippen LogP) is 1.04. The molecule has 1 rings (SSSR count). The Labute approximate surface area is 96.7 Å². The SMILES string of the molecule is CC(C)N(C)C(=O)CNCc1ccccn1. The van der Waals surface area contributed by atoms with Crippen molar-refractivity contribution in [2.75, 3.05) is 13.6 Å². The molecule has 0 aliphatic rings. The standard InChI is InChI=1S/C12H19N3O/c1-10(2)15(3)12(16)9-13-8-11-6-4-5-7-14-11/h4-7,10,13H,8-9H2,1-3H3. The van der Waals surface area contributed by atoms with Crippen LogP contribution in [-0.2, 0) is 11.3 Å². The molecular formula is C12H19N3O. The molecule has 0 radical (unpaired) electrons. The first-order valence-electron chi connectivity index (χ1n) is 5.47. The number of nitrogens with zero attached hydrogens (tertiary/aromatic N) is 2. The van der Waals surface area contributed by atoms with Crippen LogP contribution in [0.3, 0.4) is 0 Å². The zero-order chi connectivity index (χ0) is 12.0. The molecule has 88 valence electrons. The normalized spacial score (nSPS) is 10.5. The zero-order valence-corrected chi connectivity index (χ0v) is 10.1. The largest absolute Gasteiger partial charge is 0.342 e. The third-order valence-corrected chi connectivity index (χ3v) is 2.48. The summed E-state index contributed by atoms with van der Waals surface area (Å²) in [5.41, 5.74) is 0.947. The molecule has 1 heterocycles. The molecule has 1 aromatic rings. The van der Waals surface area contributed by atoms with E-state index < -0.39 is 0 Å². The lowest BCUT2D eigenvalue weighted by atomic mass is 10.3. The minimum absolute atomic E-state index is 0.103. The first kappa shape index (κ1) is 12.6. The lowest BCUT2D eigenvalue weighted by molar-refractivity contribution is -0.130. The van der Waals surface area contributed by atoms with Crippen LogP contribution in [0.1, 0.15) is 19.5 Å². The predicted molar refractivity (Wildman–Crippen MR) is 63.8 cm³/mol. The van der Waals surface area contributed by atoms with Crippen LogP contribution in [-0.4, -0.2) is 35.4 Å². The number of hydrogen-bond donors (Lipinski definition) is 1. The maximum absolute atomic E-state index is 11.6. The summed E-state index contributed by atoms with van der Waals surface area (Å²) in [5.74, 6) is 0.103. The van der Waals surface area contributed by atoms with Crippen molar-refractivity contribution in [1.82, 2.24) is 15.2 Å². The highest BCUT2D eigenvalue weighted by molar-refractivity contribution is 5.78. The van der Waals surface area contributed by atoms with Gasteiger partial charge in [0, 0.05) is 25.8 Å². The van der Waals surface area contributed by atoms with Crippen molar-refractivity contribution >= 4 is 5.91 Å². The molecule has 0 saturated heterocycles. The van der Waals surface area contributed by atoms with Gasteiger partial charge in [-0.05, 0) is 26.0 Å². The van der Waals surface area contributed by atoms with Crippen LogP contribution in [0.15, 0.2) is 24.4 Å². The van der Waals surface area contributed by atoms with Gasteiger partial charge in [-0.2, -0.15) is 0 Å². The van der Waals surface area contributed by atoms with Crippen LogP contribution < -0.4 is 5.32 Å². The Balaban J connectivity index is 2.28. The summed E-state index contributed by atoms with van der Waals surface area (Å²) in [5, 5.41) is 3.08. The zero-order valence-electron chi connectivity index (χ0n) is 10.1. The molecule has 4 heteroatoms. The summed E-state index contributed by atoms with van der Waals surface area (Å²) in [7, 11) is 1.81. The van der Waals surface area contributed by atoms with Gasteiger partial charge in [-0.3, -0.25) is 9.78 Å². The third-order valence-electron chi connectivity index (χ3n) is 2.48. The van der Waals surface area contributed by atoms with E-state index in [1.165, 1.54) is 0 Å². The van der Waals surface area contributed by atoms with E-state index in [9.17, 15) is 4.79 Å². The minimum atomic E-state index is 0.103. The van der Waals surface area contributed by atoms with Gasteiger partial charge in [-0.1, -0.05) is 6.07 Å². The first-order chi connectivity index (χ1) is 7.61. The number of carbonyl (C=O) groups excluding carboxylic acids is 1. The molecule has 0 bridgehead atoms. The van der Waals surface area contributed by atoms with Crippen LogP contribution in [0, 0.1) is 0 Å². The van der Waals surface area contributed by atoms with E-state index in [4.69, 9.17) is 0 Å². The van der Waals surface area contributed by atoms with E-state index in [2.05, 4.69) is 10.3 Å². The van der Waals surface area contributed by atoms with Crippen molar-refractivity contribution in [2.24, 2.45) is 0 Å². The number of pyridine rings is 1. The molecule has 0 aromatic carbocycles. The lowest BCUT2D eigenvalue weighted by Crippen LogP contribution is -2.39. The molecule has 4 nitrogen and oxygen atoms in total. The fourth-order valence-corrected chi connectivity index (χ4v) is 1.21. The maximum atomic E-state index is 11.6. The second kappa shape index (κ2) is 6.23. The average molecular weight is 221 g/mol. The molecule has 0 saturated carbocycles. The number of likely N-dealkylation sites (N-methyl/N-ethyl adjacent to an activating group) is 1. The average Bonchev–Trinajstić information content (AvgIpc) is 2.29.